The topological polar surface area (TPSA) is 35.5 Å². The third-order valence-corrected chi connectivity index (χ3v) is 6.27. The van der Waals surface area contributed by atoms with Crippen LogP contribution in [0.1, 0.15) is 86.5 Å². The summed E-state index contributed by atoms with van der Waals surface area (Å²) in [4.78, 5) is 11.7. The Kier molecular flexibility index (Phi) is 6.07. The number of carbonyl (C=O) groups excluding carboxylic acids is 1. The first kappa shape index (κ1) is 21.4. The summed E-state index contributed by atoms with van der Waals surface area (Å²) in [5.41, 5.74) is 6.14. The molecule has 0 amide bonds. The lowest BCUT2D eigenvalue weighted by Gasteiger charge is -2.42. The van der Waals surface area contributed by atoms with Crippen LogP contribution in [0.4, 0.5) is 0 Å². The van der Waals surface area contributed by atoms with Crippen molar-refractivity contribution in [3.05, 3.63) is 64.2 Å². The molecule has 156 valence electrons. The summed E-state index contributed by atoms with van der Waals surface area (Å²) in [6.07, 6.45) is 4.15. The van der Waals surface area contributed by atoms with Crippen LogP contribution in [0.2, 0.25) is 0 Å². The normalized spacial score (nSPS) is 16.8. The van der Waals surface area contributed by atoms with Gasteiger partial charge in [0.15, 0.2) is 0 Å². The molecule has 0 atom stereocenters. The molecule has 3 heteroatoms. The summed E-state index contributed by atoms with van der Waals surface area (Å²) in [6, 6.07) is 12.3. The van der Waals surface area contributed by atoms with Gasteiger partial charge in [-0.15, -0.1) is 0 Å². The summed E-state index contributed by atoms with van der Waals surface area (Å²) in [6.45, 7) is 12.2. The number of fused-ring (bicyclic) bond motifs is 1. The third-order valence-electron chi connectivity index (χ3n) is 6.27. The fourth-order valence-electron chi connectivity index (χ4n) is 4.22. The third kappa shape index (κ3) is 4.49. The number of esters is 1. The van der Waals surface area contributed by atoms with E-state index < -0.39 is 0 Å². The molecular formula is C26H34O3. The monoisotopic (exact) mass is 394 g/mol. The van der Waals surface area contributed by atoms with Crippen LogP contribution >= 0.6 is 0 Å². The second-order valence-electron chi connectivity index (χ2n) is 9.49. The smallest absolute Gasteiger partial charge is 0.337 e. The molecule has 3 nitrogen and oxygen atoms in total. The Morgan fingerprint density at radius 1 is 0.966 bits per heavy atom. The highest BCUT2D eigenvalue weighted by Gasteiger charge is 2.37. The number of hydrogen-bond donors (Lipinski definition) is 0. The molecule has 0 N–H and O–H groups in total. The lowest BCUT2D eigenvalue weighted by Crippen LogP contribution is -2.34. The summed E-state index contributed by atoms with van der Waals surface area (Å²) in [7, 11) is 1.41. The highest BCUT2D eigenvalue weighted by molar-refractivity contribution is 5.89. The highest BCUT2D eigenvalue weighted by atomic mass is 16.5. The average molecular weight is 395 g/mol. The number of carbonyl (C=O) groups is 1. The van der Waals surface area contributed by atoms with Crippen molar-refractivity contribution in [1.82, 2.24) is 0 Å². The molecule has 0 aromatic heterocycles. The van der Waals surface area contributed by atoms with Crippen molar-refractivity contribution < 1.29 is 14.3 Å². The molecule has 1 aliphatic carbocycles. The van der Waals surface area contributed by atoms with Gasteiger partial charge in [0, 0.05) is 6.42 Å². The van der Waals surface area contributed by atoms with E-state index in [0.29, 0.717) is 5.56 Å². The van der Waals surface area contributed by atoms with Gasteiger partial charge >= 0.3 is 5.97 Å². The van der Waals surface area contributed by atoms with E-state index in [1.165, 1.54) is 36.6 Å². The molecular weight excluding hydrogens is 360 g/mol. The predicted octanol–water partition coefficient (Wildman–Crippen LogP) is 6.20. The van der Waals surface area contributed by atoms with Gasteiger partial charge in [-0.05, 0) is 70.5 Å². The summed E-state index contributed by atoms with van der Waals surface area (Å²) < 4.78 is 11.0. The largest absolute Gasteiger partial charge is 0.493 e. The van der Waals surface area contributed by atoms with E-state index >= 15 is 0 Å². The Morgan fingerprint density at radius 2 is 1.55 bits per heavy atom. The minimum atomic E-state index is -0.304. The zero-order valence-corrected chi connectivity index (χ0v) is 18.7. The van der Waals surface area contributed by atoms with Gasteiger partial charge in [0.25, 0.3) is 0 Å². The summed E-state index contributed by atoms with van der Waals surface area (Å²) in [5.74, 6) is 0.690. The predicted molar refractivity (Wildman–Crippen MR) is 118 cm³/mol. The van der Waals surface area contributed by atoms with Crippen molar-refractivity contribution in [2.75, 3.05) is 13.7 Å². The van der Waals surface area contributed by atoms with Crippen LogP contribution in [0.25, 0.3) is 0 Å². The van der Waals surface area contributed by atoms with Crippen LogP contribution in [0.5, 0.6) is 5.75 Å². The van der Waals surface area contributed by atoms with Crippen LogP contribution in [0, 0.1) is 0 Å². The number of benzene rings is 2. The first-order valence-electron chi connectivity index (χ1n) is 10.7. The van der Waals surface area contributed by atoms with Gasteiger partial charge in [-0.25, -0.2) is 4.79 Å². The van der Waals surface area contributed by atoms with E-state index in [1.807, 2.05) is 24.3 Å². The Morgan fingerprint density at radius 3 is 2.10 bits per heavy atom. The molecule has 2 aromatic rings. The van der Waals surface area contributed by atoms with E-state index in [9.17, 15) is 4.79 Å². The minimum Gasteiger partial charge on any atom is -0.493 e. The zero-order chi connectivity index (χ0) is 21.2. The van der Waals surface area contributed by atoms with Crippen molar-refractivity contribution in [2.45, 2.75) is 71.1 Å². The molecule has 0 saturated carbocycles. The lowest BCUT2D eigenvalue weighted by atomic mass is 9.63. The summed E-state index contributed by atoms with van der Waals surface area (Å²) in [5, 5.41) is 0. The molecule has 0 saturated heterocycles. The Labute approximate surface area is 175 Å². The Hall–Kier alpha value is -2.29. The van der Waals surface area contributed by atoms with E-state index in [0.717, 1.165) is 30.8 Å². The van der Waals surface area contributed by atoms with Crippen LogP contribution in [0.15, 0.2) is 36.4 Å². The fourth-order valence-corrected chi connectivity index (χ4v) is 4.22. The Bertz CT molecular complexity index is 876. The van der Waals surface area contributed by atoms with E-state index in [4.69, 9.17) is 9.47 Å². The standard InChI is InChI=1S/C26H34O3/c1-7-14-29-23-17-22-21(25(2,3)12-13-26(22,4)5)16-20(23)15-18-8-10-19(11-9-18)24(27)28-6/h8-11,16-17H,7,12-15H2,1-6H3. The van der Waals surface area contributed by atoms with Gasteiger partial charge in [0.05, 0.1) is 19.3 Å². The SMILES string of the molecule is CCCOc1cc2c(cc1Cc1ccc(C(=O)OC)cc1)C(C)(C)CCC2(C)C. The number of hydrogen-bond acceptors (Lipinski definition) is 3. The van der Waals surface area contributed by atoms with Crippen molar-refractivity contribution in [3.63, 3.8) is 0 Å². The first-order valence-corrected chi connectivity index (χ1v) is 10.7. The van der Waals surface area contributed by atoms with Crippen LogP contribution < -0.4 is 4.74 Å². The van der Waals surface area contributed by atoms with Gasteiger partial charge < -0.3 is 9.47 Å². The molecule has 0 radical (unpaired) electrons. The van der Waals surface area contributed by atoms with Gasteiger partial charge in [0.2, 0.25) is 0 Å². The van der Waals surface area contributed by atoms with Crippen molar-refractivity contribution >= 4 is 5.97 Å². The second kappa shape index (κ2) is 8.22. The van der Waals surface area contributed by atoms with Crippen LogP contribution in [-0.4, -0.2) is 19.7 Å². The quantitative estimate of drug-likeness (QED) is 0.547. The van der Waals surface area contributed by atoms with Crippen molar-refractivity contribution in [2.24, 2.45) is 0 Å². The Balaban J connectivity index is 2.01. The number of methoxy groups -OCH3 is 1. The maximum absolute atomic E-state index is 11.7. The molecule has 0 bridgehead atoms. The van der Waals surface area contributed by atoms with Gasteiger partial charge in [0.1, 0.15) is 5.75 Å². The van der Waals surface area contributed by atoms with Crippen LogP contribution in [0.3, 0.4) is 0 Å². The van der Waals surface area contributed by atoms with E-state index in [1.54, 1.807) is 0 Å². The van der Waals surface area contributed by atoms with E-state index in [2.05, 4.69) is 46.8 Å². The molecule has 0 aliphatic heterocycles. The molecule has 0 fully saturated rings. The van der Waals surface area contributed by atoms with E-state index in [-0.39, 0.29) is 16.8 Å². The molecule has 1 aliphatic rings. The second-order valence-corrected chi connectivity index (χ2v) is 9.49. The van der Waals surface area contributed by atoms with Gasteiger partial charge in [-0.1, -0.05) is 52.8 Å². The van der Waals surface area contributed by atoms with Crippen molar-refractivity contribution in [1.29, 1.82) is 0 Å². The molecule has 3 rings (SSSR count). The van der Waals surface area contributed by atoms with Crippen molar-refractivity contribution in [3.8, 4) is 5.75 Å². The number of rotatable bonds is 6. The number of ether oxygens (including phenoxy) is 2. The minimum absolute atomic E-state index is 0.163. The molecule has 0 unspecified atom stereocenters. The maximum atomic E-state index is 11.7. The van der Waals surface area contributed by atoms with Crippen LogP contribution in [-0.2, 0) is 22.0 Å². The average Bonchev–Trinajstić information content (AvgIpc) is 2.70. The van der Waals surface area contributed by atoms with Gasteiger partial charge in [-0.2, -0.15) is 0 Å². The lowest BCUT2D eigenvalue weighted by molar-refractivity contribution is 0.0600. The fraction of sp³-hybridized carbons (Fsp3) is 0.500. The molecule has 0 spiro atoms. The summed E-state index contributed by atoms with van der Waals surface area (Å²) >= 11 is 0. The molecule has 0 heterocycles. The highest BCUT2D eigenvalue weighted by Crippen LogP contribution is 2.48. The van der Waals surface area contributed by atoms with Gasteiger partial charge in [-0.3, -0.25) is 0 Å². The molecule has 2 aromatic carbocycles. The maximum Gasteiger partial charge on any atom is 0.337 e. The zero-order valence-electron chi connectivity index (χ0n) is 18.7. The molecule has 29 heavy (non-hydrogen) atoms. The first-order chi connectivity index (χ1) is 13.7.